The molecule has 1 unspecified atom stereocenters. The monoisotopic (exact) mass is 240 g/mol. The lowest BCUT2D eigenvalue weighted by molar-refractivity contribution is 0.0378. The number of aromatic nitrogens is 1. The number of aliphatic hydroxyl groups is 1. The van der Waals surface area contributed by atoms with Crippen molar-refractivity contribution in [3.05, 3.63) is 17.3 Å². The van der Waals surface area contributed by atoms with Gasteiger partial charge in [0.2, 0.25) is 5.89 Å². The van der Waals surface area contributed by atoms with E-state index in [1.165, 1.54) is 0 Å². The molecule has 0 aliphatic heterocycles. The zero-order chi connectivity index (χ0) is 13.1. The zero-order valence-corrected chi connectivity index (χ0v) is 11.5. The second kappa shape index (κ2) is 5.65. The fourth-order valence-electron chi connectivity index (χ4n) is 2.01. The van der Waals surface area contributed by atoms with E-state index in [1.54, 1.807) is 0 Å². The van der Waals surface area contributed by atoms with Crippen molar-refractivity contribution in [3.8, 4) is 0 Å². The summed E-state index contributed by atoms with van der Waals surface area (Å²) in [5, 5.41) is 13.3. The van der Waals surface area contributed by atoms with Gasteiger partial charge in [-0.3, -0.25) is 0 Å². The molecule has 0 bridgehead atoms. The van der Waals surface area contributed by atoms with Crippen LogP contribution in [0.2, 0.25) is 0 Å². The van der Waals surface area contributed by atoms with Gasteiger partial charge in [-0.05, 0) is 33.1 Å². The Morgan fingerprint density at radius 3 is 2.53 bits per heavy atom. The zero-order valence-electron chi connectivity index (χ0n) is 11.5. The molecule has 0 spiro atoms. The van der Waals surface area contributed by atoms with Crippen LogP contribution >= 0.6 is 0 Å². The first kappa shape index (κ1) is 14.2. The minimum absolute atomic E-state index is 0.484. The number of aryl methyl sites for hydroxylation is 2. The van der Waals surface area contributed by atoms with Crippen LogP contribution in [0.5, 0.6) is 0 Å². The number of nitrogens with zero attached hydrogens (tertiary/aromatic N) is 1. The molecule has 0 aliphatic carbocycles. The van der Waals surface area contributed by atoms with Gasteiger partial charge < -0.3 is 14.8 Å². The number of hydrogen-bond donors (Lipinski definition) is 2. The molecule has 0 saturated heterocycles. The van der Waals surface area contributed by atoms with E-state index in [0.29, 0.717) is 24.9 Å². The van der Waals surface area contributed by atoms with Crippen LogP contribution in [0.15, 0.2) is 4.42 Å². The SMILES string of the molecule is Cc1nc(CNCC(C)(O)CC(C)C)oc1C. The number of oxazole rings is 1. The third kappa shape index (κ3) is 4.88. The Hall–Kier alpha value is -0.870. The third-order valence-electron chi connectivity index (χ3n) is 2.70. The van der Waals surface area contributed by atoms with E-state index in [0.717, 1.165) is 17.9 Å². The number of rotatable bonds is 6. The highest BCUT2D eigenvalue weighted by Crippen LogP contribution is 2.15. The van der Waals surface area contributed by atoms with Crippen molar-refractivity contribution in [2.24, 2.45) is 5.92 Å². The van der Waals surface area contributed by atoms with E-state index in [9.17, 15) is 5.11 Å². The van der Waals surface area contributed by atoms with Crippen LogP contribution in [0.3, 0.4) is 0 Å². The molecule has 1 rings (SSSR count). The van der Waals surface area contributed by atoms with Gasteiger partial charge in [0.1, 0.15) is 5.76 Å². The van der Waals surface area contributed by atoms with Gasteiger partial charge in [0.15, 0.2) is 0 Å². The van der Waals surface area contributed by atoms with Crippen LogP contribution in [0, 0.1) is 19.8 Å². The predicted octanol–water partition coefficient (Wildman–Crippen LogP) is 2.18. The maximum Gasteiger partial charge on any atom is 0.208 e. The predicted molar refractivity (Wildman–Crippen MR) is 67.8 cm³/mol. The molecule has 0 aromatic carbocycles. The van der Waals surface area contributed by atoms with Crippen LogP contribution < -0.4 is 5.32 Å². The molecule has 0 fully saturated rings. The minimum atomic E-state index is -0.676. The standard InChI is InChI=1S/C13H24N2O2/c1-9(2)6-13(5,16)8-14-7-12-15-10(3)11(4)17-12/h9,14,16H,6-8H2,1-5H3. The van der Waals surface area contributed by atoms with Crippen molar-refractivity contribution in [1.82, 2.24) is 10.3 Å². The summed E-state index contributed by atoms with van der Waals surface area (Å²) in [5.74, 6) is 2.02. The first-order chi connectivity index (χ1) is 7.80. The van der Waals surface area contributed by atoms with Gasteiger partial charge in [0, 0.05) is 6.54 Å². The lowest BCUT2D eigenvalue weighted by atomic mass is 9.94. The van der Waals surface area contributed by atoms with Crippen LogP contribution in [-0.4, -0.2) is 22.2 Å². The number of nitrogens with one attached hydrogen (secondary N) is 1. The molecule has 1 heterocycles. The van der Waals surface area contributed by atoms with Crippen LogP contribution in [-0.2, 0) is 6.54 Å². The molecule has 0 amide bonds. The Balaban J connectivity index is 2.37. The van der Waals surface area contributed by atoms with Gasteiger partial charge in [-0.25, -0.2) is 4.98 Å². The fraction of sp³-hybridized carbons (Fsp3) is 0.769. The topological polar surface area (TPSA) is 58.3 Å². The highest BCUT2D eigenvalue weighted by Gasteiger charge is 2.21. The summed E-state index contributed by atoms with van der Waals surface area (Å²) in [6.45, 7) is 11.0. The summed E-state index contributed by atoms with van der Waals surface area (Å²) in [5.41, 5.74) is 0.251. The molecule has 2 N–H and O–H groups in total. The molecule has 1 atom stereocenters. The smallest absolute Gasteiger partial charge is 0.208 e. The number of hydrogen-bond acceptors (Lipinski definition) is 4. The average Bonchev–Trinajstić information content (AvgIpc) is 2.43. The van der Waals surface area contributed by atoms with E-state index in [-0.39, 0.29) is 0 Å². The van der Waals surface area contributed by atoms with E-state index < -0.39 is 5.60 Å². The first-order valence-electron chi connectivity index (χ1n) is 6.16. The second-order valence-electron chi connectivity index (χ2n) is 5.45. The van der Waals surface area contributed by atoms with E-state index in [2.05, 4.69) is 24.1 Å². The molecule has 0 aliphatic rings. The van der Waals surface area contributed by atoms with Crippen molar-refractivity contribution in [2.75, 3.05) is 6.54 Å². The van der Waals surface area contributed by atoms with Crippen molar-refractivity contribution >= 4 is 0 Å². The largest absolute Gasteiger partial charge is 0.444 e. The summed E-state index contributed by atoms with van der Waals surface area (Å²) in [7, 11) is 0. The molecule has 4 nitrogen and oxygen atoms in total. The maximum absolute atomic E-state index is 10.1. The molecule has 98 valence electrons. The maximum atomic E-state index is 10.1. The van der Waals surface area contributed by atoms with Gasteiger partial charge in [-0.2, -0.15) is 0 Å². The molecule has 4 heteroatoms. The minimum Gasteiger partial charge on any atom is -0.444 e. The molecular formula is C13H24N2O2. The molecule has 1 aromatic rings. The summed E-state index contributed by atoms with van der Waals surface area (Å²) < 4.78 is 5.45. The van der Waals surface area contributed by atoms with E-state index in [4.69, 9.17) is 4.42 Å². The van der Waals surface area contributed by atoms with Crippen molar-refractivity contribution < 1.29 is 9.52 Å². The molecule has 17 heavy (non-hydrogen) atoms. The summed E-state index contributed by atoms with van der Waals surface area (Å²) in [6, 6.07) is 0. The Morgan fingerprint density at radius 2 is 2.06 bits per heavy atom. The van der Waals surface area contributed by atoms with Crippen LogP contribution in [0.4, 0.5) is 0 Å². The lowest BCUT2D eigenvalue weighted by Gasteiger charge is -2.25. The highest BCUT2D eigenvalue weighted by molar-refractivity contribution is 5.05. The van der Waals surface area contributed by atoms with Crippen LogP contribution in [0.25, 0.3) is 0 Å². The van der Waals surface area contributed by atoms with Crippen molar-refractivity contribution in [3.63, 3.8) is 0 Å². The van der Waals surface area contributed by atoms with Crippen molar-refractivity contribution in [1.29, 1.82) is 0 Å². The van der Waals surface area contributed by atoms with Gasteiger partial charge >= 0.3 is 0 Å². The fourth-order valence-corrected chi connectivity index (χ4v) is 2.01. The van der Waals surface area contributed by atoms with E-state index in [1.807, 2.05) is 20.8 Å². The third-order valence-corrected chi connectivity index (χ3v) is 2.70. The Bertz CT molecular complexity index is 337. The Labute approximate surface area is 103 Å². The van der Waals surface area contributed by atoms with Gasteiger partial charge in [0.05, 0.1) is 17.8 Å². The molecule has 1 aromatic heterocycles. The molecule has 0 saturated carbocycles. The first-order valence-corrected chi connectivity index (χ1v) is 6.16. The second-order valence-corrected chi connectivity index (χ2v) is 5.45. The quantitative estimate of drug-likeness (QED) is 0.800. The molecular weight excluding hydrogens is 216 g/mol. The lowest BCUT2D eigenvalue weighted by Crippen LogP contribution is -2.38. The highest BCUT2D eigenvalue weighted by atomic mass is 16.4. The Morgan fingerprint density at radius 1 is 1.41 bits per heavy atom. The normalized spacial score (nSPS) is 15.2. The van der Waals surface area contributed by atoms with Gasteiger partial charge in [-0.15, -0.1) is 0 Å². The summed E-state index contributed by atoms with van der Waals surface area (Å²) in [6.07, 6.45) is 0.781. The molecule has 0 radical (unpaired) electrons. The van der Waals surface area contributed by atoms with E-state index >= 15 is 0 Å². The average molecular weight is 240 g/mol. The summed E-state index contributed by atoms with van der Waals surface area (Å²) in [4.78, 5) is 4.28. The Kier molecular flexibility index (Phi) is 4.71. The van der Waals surface area contributed by atoms with Gasteiger partial charge in [0.25, 0.3) is 0 Å². The van der Waals surface area contributed by atoms with Gasteiger partial charge in [-0.1, -0.05) is 13.8 Å². The van der Waals surface area contributed by atoms with Crippen LogP contribution in [0.1, 0.15) is 44.5 Å². The van der Waals surface area contributed by atoms with Crippen molar-refractivity contribution in [2.45, 2.75) is 53.2 Å². The summed E-state index contributed by atoms with van der Waals surface area (Å²) >= 11 is 0.